The molecule has 0 aliphatic carbocycles. The van der Waals surface area contributed by atoms with Gasteiger partial charge in [0, 0.05) is 6.42 Å². The molecule has 0 saturated carbocycles. The number of ether oxygens (including phenoxy) is 2. The fourth-order valence-electron chi connectivity index (χ4n) is 1.12. The maximum atomic E-state index is 11.2. The van der Waals surface area contributed by atoms with Gasteiger partial charge in [-0.1, -0.05) is 13.3 Å². The summed E-state index contributed by atoms with van der Waals surface area (Å²) in [4.78, 5) is 33.3. The highest BCUT2D eigenvalue weighted by molar-refractivity contribution is 5.83. The van der Waals surface area contributed by atoms with Gasteiger partial charge in [0.15, 0.2) is 5.78 Å². The molecule has 98 valence electrons. The second kappa shape index (κ2) is 9.81. The van der Waals surface area contributed by atoms with Gasteiger partial charge >= 0.3 is 11.9 Å². The van der Waals surface area contributed by atoms with Gasteiger partial charge in [-0.3, -0.25) is 14.4 Å². The van der Waals surface area contributed by atoms with Gasteiger partial charge in [0.2, 0.25) is 0 Å². The molecule has 0 heterocycles. The maximum Gasteiger partial charge on any atom is 0.306 e. The number of Topliss-reactive ketones (excluding diaryl/α,β-unsaturated/α-hetero) is 1. The molecule has 0 atom stereocenters. The maximum absolute atomic E-state index is 11.2. The summed E-state index contributed by atoms with van der Waals surface area (Å²) in [6.07, 6.45) is 2.12. The number of ketones is 1. The highest BCUT2D eigenvalue weighted by Gasteiger charge is 2.10. The first-order valence-electron chi connectivity index (χ1n) is 5.93. The van der Waals surface area contributed by atoms with E-state index in [1.165, 1.54) is 0 Å². The topological polar surface area (TPSA) is 69.7 Å². The zero-order valence-corrected chi connectivity index (χ0v) is 10.5. The first-order chi connectivity index (χ1) is 8.10. The number of carbonyl (C=O) groups excluding carboxylic acids is 3. The molecule has 0 aromatic heterocycles. The van der Waals surface area contributed by atoms with E-state index in [0.29, 0.717) is 13.0 Å². The van der Waals surface area contributed by atoms with Gasteiger partial charge in [0.1, 0.15) is 6.61 Å². The number of carbonyl (C=O) groups is 3. The third-order valence-corrected chi connectivity index (χ3v) is 2.04. The van der Waals surface area contributed by atoms with E-state index in [2.05, 4.69) is 4.74 Å². The fraction of sp³-hybridized carbons (Fsp3) is 0.750. The van der Waals surface area contributed by atoms with Crippen LogP contribution < -0.4 is 0 Å². The quantitative estimate of drug-likeness (QED) is 0.576. The predicted octanol–water partition coefficient (Wildman–Crippen LogP) is 1.63. The molecule has 0 aliphatic heterocycles. The number of esters is 2. The molecule has 0 bridgehead atoms. The molecule has 0 saturated heterocycles. The van der Waals surface area contributed by atoms with Crippen molar-refractivity contribution in [3.05, 3.63) is 0 Å². The van der Waals surface area contributed by atoms with Crippen LogP contribution in [0.25, 0.3) is 0 Å². The monoisotopic (exact) mass is 244 g/mol. The van der Waals surface area contributed by atoms with Gasteiger partial charge in [-0.25, -0.2) is 0 Å². The molecular formula is C12H20O5. The van der Waals surface area contributed by atoms with Crippen molar-refractivity contribution in [3.8, 4) is 0 Å². The molecule has 5 nitrogen and oxygen atoms in total. The molecule has 0 spiro atoms. The number of hydrogen-bond donors (Lipinski definition) is 0. The Hall–Kier alpha value is -1.39. The summed E-state index contributed by atoms with van der Waals surface area (Å²) in [5.74, 6) is -1.05. The lowest BCUT2D eigenvalue weighted by Crippen LogP contribution is -2.15. The van der Waals surface area contributed by atoms with Crippen LogP contribution in [0.4, 0.5) is 0 Å². The summed E-state index contributed by atoms with van der Waals surface area (Å²) in [5.41, 5.74) is 0. The smallest absolute Gasteiger partial charge is 0.306 e. The number of unbranched alkanes of at least 4 members (excludes halogenated alkanes) is 1. The van der Waals surface area contributed by atoms with Crippen molar-refractivity contribution >= 4 is 17.7 Å². The normalized spacial score (nSPS) is 9.76. The van der Waals surface area contributed by atoms with Gasteiger partial charge in [-0.15, -0.1) is 0 Å². The summed E-state index contributed by atoms with van der Waals surface area (Å²) < 4.78 is 9.39. The van der Waals surface area contributed by atoms with Crippen LogP contribution in [0, 0.1) is 0 Å². The third-order valence-electron chi connectivity index (χ3n) is 2.04. The van der Waals surface area contributed by atoms with Gasteiger partial charge < -0.3 is 9.47 Å². The Balaban J connectivity index is 3.59. The van der Waals surface area contributed by atoms with Crippen LogP contribution in [0.5, 0.6) is 0 Å². The van der Waals surface area contributed by atoms with Gasteiger partial charge in [-0.05, 0) is 13.3 Å². The summed E-state index contributed by atoms with van der Waals surface area (Å²) in [6, 6.07) is 0. The van der Waals surface area contributed by atoms with E-state index in [4.69, 9.17) is 4.74 Å². The lowest BCUT2D eigenvalue weighted by Gasteiger charge is -2.04. The first kappa shape index (κ1) is 15.6. The molecule has 0 aromatic carbocycles. The highest BCUT2D eigenvalue weighted by atomic mass is 16.5. The fourth-order valence-corrected chi connectivity index (χ4v) is 1.12. The van der Waals surface area contributed by atoms with Crippen molar-refractivity contribution in [1.29, 1.82) is 0 Å². The largest absolute Gasteiger partial charge is 0.466 e. The summed E-state index contributed by atoms with van der Waals surface area (Å²) >= 11 is 0. The molecule has 0 N–H and O–H groups in total. The van der Waals surface area contributed by atoms with Crippen LogP contribution in [-0.2, 0) is 23.9 Å². The molecule has 0 radical (unpaired) electrons. The van der Waals surface area contributed by atoms with Crippen molar-refractivity contribution in [2.75, 3.05) is 13.2 Å². The van der Waals surface area contributed by atoms with E-state index in [-0.39, 0.29) is 25.2 Å². The van der Waals surface area contributed by atoms with E-state index in [9.17, 15) is 14.4 Å². The molecule has 5 heteroatoms. The molecule has 17 heavy (non-hydrogen) atoms. The minimum atomic E-state index is -0.539. The van der Waals surface area contributed by atoms with E-state index in [1.54, 1.807) is 6.92 Å². The van der Waals surface area contributed by atoms with E-state index < -0.39 is 11.9 Å². The van der Waals surface area contributed by atoms with Gasteiger partial charge in [-0.2, -0.15) is 0 Å². The minimum Gasteiger partial charge on any atom is -0.466 e. The summed E-state index contributed by atoms with van der Waals surface area (Å²) in [6.45, 7) is 3.78. The second-order valence-electron chi connectivity index (χ2n) is 3.61. The number of hydrogen-bond acceptors (Lipinski definition) is 5. The Kier molecular flexibility index (Phi) is 9.01. The lowest BCUT2D eigenvalue weighted by molar-refractivity contribution is -0.151. The zero-order valence-electron chi connectivity index (χ0n) is 10.5. The Morgan fingerprint density at radius 1 is 0.882 bits per heavy atom. The standard InChI is InChI=1S/C12H20O5/c1-3-5-6-10(13)9-17-12(15)8-7-11(14)16-4-2/h3-9H2,1-2H3. The van der Waals surface area contributed by atoms with E-state index in [1.807, 2.05) is 6.92 Å². The molecule has 0 rings (SSSR count). The second-order valence-corrected chi connectivity index (χ2v) is 3.61. The van der Waals surface area contributed by atoms with E-state index in [0.717, 1.165) is 12.8 Å². The molecule has 0 aliphatic rings. The van der Waals surface area contributed by atoms with Crippen LogP contribution in [-0.4, -0.2) is 30.9 Å². The van der Waals surface area contributed by atoms with Crippen molar-refractivity contribution in [2.24, 2.45) is 0 Å². The summed E-state index contributed by atoms with van der Waals surface area (Å²) in [7, 11) is 0. The average Bonchev–Trinajstić information content (AvgIpc) is 2.31. The summed E-state index contributed by atoms with van der Waals surface area (Å²) in [5, 5.41) is 0. The van der Waals surface area contributed by atoms with Crippen LogP contribution in [0.15, 0.2) is 0 Å². The highest BCUT2D eigenvalue weighted by Crippen LogP contribution is 1.99. The SMILES string of the molecule is CCCCC(=O)COC(=O)CCC(=O)OCC. The van der Waals surface area contributed by atoms with Crippen molar-refractivity contribution < 1.29 is 23.9 Å². The van der Waals surface area contributed by atoms with Crippen molar-refractivity contribution in [2.45, 2.75) is 46.0 Å². The molecule has 0 fully saturated rings. The molecule has 0 aromatic rings. The number of rotatable bonds is 9. The van der Waals surface area contributed by atoms with Gasteiger partial charge in [0.05, 0.1) is 19.4 Å². The Morgan fingerprint density at radius 3 is 2.00 bits per heavy atom. The minimum absolute atomic E-state index is 0.00414. The molecular weight excluding hydrogens is 224 g/mol. The Bertz CT molecular complexity index is 260. The average molecular weight is 244 g/mol. The lowest BCUT2D eigenvalue weighted by atomic mass is 10.2. The Morgan fingerprint density at radius 2 is 1.47 bits per heavy atom. The Labute approximate surface area is 101 Å². The van der Waals surface area contributed by atoms with Crippen LogP contribution in [0.3, 0.4) is 0 Å². The third kappa shape index (κ3) is 9.53. The van der Waals surface area contributed by atoms with Crippen LogP contribution in [0.1, 0.15) is 46.0 Å². The molecule has 0 amide bonds. The van der Waals surface area contributed by atoms with Crippen molar-refractivity contribution in [3.63, 3.8) is 0 Å². The predicted molar refractivity (Wildman–Crippen MR) is 61.4 cm³/mol. The van der Waals surface area contributed by atoms with E-state index >= 15 is 0 Å². The van der Waals surface area contributed by atoms with Gasteiger partial charge in [0.25, 0.3) is 0 Å². The first-order valence-corrected chi connectivity index (χ1v) is 5.93. The van der Waals surface area contributed by atoms with Crippen LogP contribution >= 0.6 is 0 Å². The van der Waals surface area contributed by atoms with Crippen molar-refractivity contribution in [1.82, 2.24) is 0 Å². The zero-order chi connectivity index (χ0) is 13.1. The molecule has 0 unspecified atom stereocenters. The van der Waals surface area contributed by atoms with Crippen LogP contribution in [0.2, 0.25) is 0 Å².